The van der Waals surface area contributed by atoms with Crippen molar-refractivity contribution in [2.24, 2.45) is 5.73 Å². The summed E-state index contributed by atoms with van der Waals surface area (Å²) in [5.41, 5.74) is 5.61. The molecule has 0 aliphatic rings. The molecule has 0 radical (unpaired) electrons. The summed E-state index contributed by atoms with van der Waals surface area (Å²) in [5, 5.41) is 14.6. The molecule has 2 aromatic rings. The predicted octanol–water partition coefficient (Wildman–Crippen LogP) is 1.86. The molecule has 0 saturated carbocycles. The standard InChI is InChI=1S/C13H16N4O4/c1-3-20-8-13(2,14)12-15-11(21-16-12)9-5-4-6-10(7-9)17(18)19/h4-7H,3,8,14H2,1-2H3. The van der Waals surface area contributed by atoms with Crippen molar-refractivity contribution in [1.82, 2.24) is 10.1 Å². The number of nitro groups is 1. The van der Waals surface area contributed by atoms with Crippen LogP contribution < -0.4 is 5.73 Å². The van der Waals surface area contributed by atoms with Crippen LogP contribution in [0.5, 0.6) is 0 Å². The van der Waals surface area contributed by atoms with Gasteiger partial charge in [-0.2, -0.15) is 4.98 Å². The highest BCUT2D eigenvalue weighted by Crippen LogP contribution is 2.24. The van der Waals surface area contributed by atoms with Crippen molar-refractivity contribution in [2.75, 3.05) is 13.2 Å². The Bertz CT molecular complexity index is 639. The predicted molar refractivity (Wildman–Crippen MR) is 74.4 cm³/mol. The average molecular weight is 292 g/mol. The van der Waals surface area contributed by atoms with E-state index >= 15 is 0 Å². The van der Waals surface area contributed by atoms with Gasteiger partial charge in [-0.25, -0.2) is 0 Å². The van der Waals surface area contributed by atoms with E-state index in [1.54, 1.807) is 19.1 Å². The van der Waals surface area contributed by atoms with Crippen LogP contribution >= 0.6 is 0 Å². The molecule has 8 nitrogen and oxygen atoms in total. The van der Waals surface area contributed by atoms with Crippen LogP contribution in [-0.4, -0.2) is 28.3 Å². The Morgan fingerprint density at radius 2 is 2.29 bits per heavy atom. The molecule has 112 valence electrons. The first kappa shape index (κ1) is 15.1. The van der Waals surface area contributed by atoms with Crippen LogP contribution in [0.15, 0.2) is 28.8 Å². The van der Waals surface area contributed by atoms with Crippen molar-refractivity contribution < 1.29 is 14.2 Å². The number of rotatable bonds is 6. The number of nitrogens with zero attached hydrogens (tertiary/aromatic N) is 3. The number of non-ortho nitro benzene ring substituents is 1. The molecule has 1 atom stereocenters. The van der Waals surface area contributed by atoms with E-state index in [1.807, 2.05) is 6.92 Å². The van der Waals surface area contributed by atoms with Gasteiger partial charge in [0.1, 0.15) is 5.54 Å². The van der Waals surface area contributed by atoms with E-state index in [-0.39, 0.29) is 24.0 Å². The Labute approximate surface area is 121 Å². The van der Waals surface area contributed by atoms with Gasteiger partial charge in [-0.1, -0.05) is 11.2 Å². The van der Waals surface area contributed by atoms with Crippen LogP contribution in [0.4, 0.5) is 5.69 Å². The lowest BCUT2D eigenvalue weighted by molar-refractivity contribution is -0.384. The minimum Gasteiger partial charge on any atom is -0.379 e. The summed E-state index contributed by atoms with van der Waals surface area (Å²) in [7, 11) is 0. The van der Waals surface area contributed by atoms with Crippen molar-refractivity contribution in [1.29, 1.82) is 0 Å². The minimum absolute atomic E-state index is 0.0444. The number of nitro benzene ring substituents is 1. The first-order valence-corrected chi connectivity index (χ1v) is 6.39. The quantitative estimate of drug-likeness (QED) is 0.637. The minimum atomic E-state index is -0.890. The molecule has 1 aromatic heterocycles. The van der Waals surface area contributed by atoms with Crippen molar-refractivity contribution in [3.05, 3.63) is 40.2 Å². The number of benzene rings is 1. The summed E-state index contributed by atoms with van der Waals surface area (Å²) in [6.07, 6.45) is 0. The Kier molecular flexibility index (Phi) is 4.29. The lowest BCUT2D eigenvalue weighted by atomic mass is 10.1. The van der Waals surface area contributed by atoms with Gasteiger partial charge in [0.15, 0.2) is 5.82 Å². The second-order valence-corrected chi connectivity index (χ2v) is 4.79. The summed E-state index contributed by atoms with van der Waals surface area (Å²) >= 11 is 0. The Hall–Kier alpha value is -2.32. The van der Waals surface area contributed by atoms with E-state index in [2.05, 4.69) is 10.1 Å². The lowest BCUT2D eigenvalue weighted by Gasteiger charge is -2.19. The van der Waals surface area contributed by atoms with Gasteiger partial charge in [-0.3, -0.25) is 10.1 Å². The zero-order chi connectivity index (χ0) is 15.5. The van der Waals surface area contributed by atoms with Crippen molar-refractivity contribution in [3.63, 3.8) is 0 Å². The van der Waals surface area contributed by atoms with E-state index < -0.39 is 10.5 Å². The molecule has 0 bridgehead atoms. The van der Waals surface area contributed by atoms with Crippen LogP contribution in [-0.2, 0) is 10.3 Å². The van der Waals surface area contributed by atoms with Gasteiger partial charge in [0, 0.05) is 24.3 Å². The summed E-state index contributed by atoms with van der Waals surface area (Å²) in [6, 6.07) is 5.97. The summed E-state index contributed by atoms with van der Waals surface area (Å²) in [6.45, 7) is 4.37. The number of ether oxygens (including phenoxy) is 1. The number of hydrogen-bond acceptors (Lipinski definition) is 7. The topological polar surface area (TPSA) is 117 Å². The monoisotopic (exact) mass is 292 g/mol. The molecule has 1 heterocycles. The third-order valence-electron chi connectivity index (χ3n) is 2.85. The SMILES string of the molecule is CCOCC(C)(N)c1noc(-c2cccc([N+](=O)[O-])c2)n1. The van der Waals surface area contributed by atoms with Gasteiger partial charge in [0.25, 0.3) is 11.6 Å². The van der Waals surface area contributed by atoms with Crippen molar-refractivity contribution >= 4 is 5.69 Å². The molecule has 8 heteroatoms. The van der Waals surface area contributed by atoms with E-state index in [0.29, 0.717) is 12.2 Å². The summed E-state index contributed by atoms with van der Waals surface area (Å²) in [4.78, 5) is 14.5. The molecule has 0 saturated heterocycles. The largest absolute Gasteiger partial charge is 0.379 e. The molecule has 2 N–H and O–H groups in total. The molecule has 0 aliphatic carbocycles. The maximum absolute atomic E-state index is 10.8. The zero-order valence-electron chi connectivity index (χ0n) is 11.8. The van der Waals surface area contributed by atoms with Gasteiger partial charge in [-0.05, 0) is 19.9 Å². The molecule has 0 amide bonds. The molecular weight excluding hydrogens is 276 g/mol. The fourth-order valence-corrected chi connectivity index (χ4v) is 1.70. The summed E-state index contributed by atoms with van der Waals surface area (Å²) in [5.74, 6) is 0.472. The third kappa shape index (κ3) is 3.41. The van der Waals surface area contributed by atoms with Crippen molar-refractivity contribution in [3.8, 4) is 11.5 Å². The van der Waals surface area contributed by atoms with E-state index in [9.17, 15) is 10.1 Å². The van der Waals surface area contributed by atoms with Crippen LogP contribution in [0, 0.1) is 10.1 Å². The van der Waals surface area contributed by atoms with Crippen LogP contribution in [0.1, 0.15) is 19.7 Å². The molecule has 1 unspecified atom stereocenters. The highest BCUT2D eigenvalue weighted by atomic mass is 16.6. The molecule has 2 rings (SSSR count). The van der Waals surface area contributed by atoms with E-state index in [4.69, 9.17) is 15.0 Å². The number of hydrogen-bond donors (Lipinski definition) is 1. The molecule has 0 spiro atoms. The molecule has 1 aromatic carbocycles. The molecular formula is C13H16N4O4. The van der Waals surface area contributed by atoms with Gasteiger partial charge in [0.05, 0.1) is 11.5 Å². The van der Waals surface area contributed by atoms with Gasteiger partial charge >= 0.3 is 0 Å². The first-order chi connectivity index (χ1) is 9.94. The van der Waals surface area contributed by atoms with Crippen LogP contribution in [0.2, 0.25) is 0 Å². The van der Waals surface area contributed by atoms with Gasteiger partial charge in [-0.15, -0.1) is 0 Å². The van der Waals surface area contributed by atoms with E-state index in [1.165, 1.54) is 12.1 Å². The maximum atomic E-state index is 10.8. The second-order valence-electron chi connectivity index (χ2n) is 4.79. The fourth-order valence-electron chi connectivity index (χ4n) is 1.70. The van der Waals surface area contributed by atoms with Gasteiger partial charge in [0.2, 0.25) is 0 Å². The third-order valence-corrected chi connectivity index (χ3v) is 2.85. The first-order valence-electron chi connectivity index (χ1n) is 6.39. The number of aromatic nitrogens is 2. The Balaban J connectivity index is 2.27. The van der Waals surface area contributed by atoms with Crippen molar-refractivity contribution in [2.45, 2.75) is 19.4 Å². The van der Waals surface area contributed by atoms with Crippen LogP contribution in [0.25, 0.3) is 11.5 Å². The highest BCUT2D eigenvalue weighted by molar-refractivity contribution is 5.57. The second kappa shape index (κ2) is 5.98. The fraction of sp³-hybridized carbons (Fsp3) is 0.385. The van der Waals surface area contributed by atoms with Gasteiger partial charge < -0.3 is 15.0 Å². The molecule has 0 fully saturated rings. The molecule has 0 aliphatic heterocycles. The highest BCUT2D eigenvalue weighted by Gasteiger charge is 2.28. The van der Waals surface area contributed by atoms with E-state index in [0.717, 1.165) is 0 Å². The Morgan fingerprint density at radius 1 is 1.52 bits per heavy atom. The smallest absolute Gasteiger partial charge is 0.270 e. The summed E-state index contributed by atoms with van der Waals surface area (Å²) < 4.78 is 10.4. The average Bonchev–Trinajstić information content (AvgIpc) is 2.96. The Morgan fingerprint density at radius 3 is 2.95 bits per heavy atom. The molecule has 21 heavy (non-hydrogen) atoms. The zero-order valence-corrected chi connectivity index (χ0v) is 11.8. The number of nitrogens with two attached hydrogens (primary N) is 1. The maximum Gasteiger partial charge on any atom is 0.270 e. The lowest BCUT2D eigenvalue weighted by Crippen LogP contribution is -2.39. The normalized spacial score (nSPS) is 13.9. The van der Waals surface area contributed by atoms with Crippen LogP contribution in [0.3, 0.4) is 0 Å².